The number of hydrogen-bond acceptors (Lipinski definition) is 4. The number of Topliss-reactive ketones (excluding diaryl/α,β-unsaturated/α-hetero) is 1. The van der Waals surface area contributed by atoms with Gasteiger partial charge in [-0.1, -0.05) is 25.5 Å². The third kappa shape index (κ3) is 3.97. The smallest absolute Gasteiger partial charge is 0.229 e. The zero-order chi connectivity index (χ0) is 17.0. The molecule has 1 aliphatic heterocycles. The first-order valence-electron chi connectivity index (χ1n) is 8.02. The number of carbonyl (C=O) groups excluding carboxylic acids is 2. The SMILES string of the molecule is CCCCC(=O)C(C)(C)COc1cccc2c1C(=N)NC(=O)C2. The van der Waals surface area contributed by atoms with Gasteiger partial charge in [-0.2, -0.15) is 0 Å². The highest BCUT2D eigenvalue weighted by Crippen LogP contribution is 2.28. The number of nitrogens with one attached hydrogen (secondary N) is 2. The van der Waals surface area contributed by atoms with Gasteiger partial charge in [0.25, 0.3) is 0 Å². The Kier molecular flexibility index (Phi) is 5.19. The quantitative estimate of drug-likeness (QED) is 0.812. The number of benzene rings is 1. The predicted molar refractivity (Wildman–Crippen MR) is 88.9 cm³/mol. The molecule has 124 valence electrons. The fourth-order valence-electron chi connectivity index (χ4n) is 2.56. The van der Waals surface area contributed by atoms with Crippen LogP contribution in [0.4, 0.5) is 0 Å². The molecule has 5 heteroatoms. The van der Waals surface area contributed by atoms with Crippen molar-refractivity contribution in [2.45, 2.75) is 46.5 Å². The standard InChI is InChI=1S/C18H24N2O3/c1-4-5-9-14(21)18(2,3)11-23-13-8-6-7-12-10-15(22)20-17(19)16(12)13/h6-8H,4-5,9-11H2,1-3H3,(H2,19,20,22). The first-order valence-corrected chi connectivity index (χ1v) is 8.02. The van der Waals surface area contributed by atoms with Crippen LogP contribution in [0.2, 0.25) is 0 Å². The van der Waals surface area contributed by atoms with E-state index in [0.29, 0.717) is 17.7 Å². The molecule has 0 saturated heterocycles. The lowest BCUT2D eigenvalue weighted by atomic mass is 9.86. The maximum absolute atomic E-state index is 12.3. The number of ether oxygens (including phenoxy) is 1. The van der Waals surface area contributed by atoms with Gasteiger partial charge in [-0.05, 0) is 31.9 Å². The van der Waals surface area contributed by atoms with E-state index in [-0.39, 0.29) is 30.6 Å². The van der Waals surface area contributed by atoms with Gasteiger partial charge in [0.05, 0.1) is 17.4 Å². The Morgan fingerprint density at radius 3 is 2.83 bits per heavy atom. The van der Waals surface area contributed by atoms with Crippen LogP contribution in [0.1, 0.15) is 51.2 Å². The van der Waals surface area contributed by atoms with Crippen molar-refractivity contribution in [1.29, 1.82) is 5.41 Å². The summed E-state index contributed by atoms with van der Waals surface area (Å²) < 4.78 is 5.86. The predicted octanol–water partition coefficient (Wildman–Crippen LogP) is 2.85. The minimum absolute atomic E-state index is 0.0574. The summed E-state index contributed by atoms with van der Waals surface area (Å²) in [5.41, 5.74) is 0.827. The van der Waals surface area contributed by atoms with Gasteiger partial charge in [0, 0.05) is 6.42 Å². The number of carbonyl (C=O) groups is 2. The van der Waals surface area contributed by atoms with Crippen molar-refractivity contribution >= 4 is 17.5 Å². The first-order chi connectivity index (χ1) is 10.8. The summed E-state index contributed by atoms with van der Waals surface area (Å²) in [7, 11) is 0. The molecule has 1 amide bonds. The molecule has 0 unspecified atom stereocenters. The molecular weight excluding hydrogens is 292 g/mol. The van der Waals surface area contributed by atoms with Crippen molar-refractivity contribution in [2.24, 2.45) is 5.41 Å². The monoisotopic (exact) mass is 316 g/mol. The van der Waals surface area contributed by atoms with Crippen LogP contribution in [-0.4, -0.2) is 24.1 Å². The number of fused-ring (bicyclic) bond motifs is 1. The van der Waals surface area contributed by atoms with E-state index < -0.39 is 5.41 Å². The molecule has 1 aromatic carbocycles. The summed E-state index contributed by atoms with van der Waals surface area (Å²) >= 11 is 0. The fourth-order valence-corrected chi connectivity index (χ4v) is 2.56. The summed E-state index contributed by atoms with van der Waals surface area (Å²) in [6.45, 7) is 6.08. The lowest BCUT2D eigenvalue weighted by molar-refractivity contribution is -0.128. The summed E-state index contributed by atoms with van der Waals surface area (Å²) in [6.07, 6.45) is 2.69. The Labute approximate surface area is 136 Å². The molecule has 0 aromatic heterocycles. The van der Waals surface area contributed by atoms with E-state index in [0.717, 1.165) is 18.4 Å². The lowest BCUT2D eigenvalue weighted by Crippen LogP contribution is -2.38. The molecule has 1 aromatic rings. The fraction of sp³-hybridized carbons (Fsp3) is 0.500. The zero-order valence-corrected chi connectivity index (χ0v) is 14.0. The summed E-state index contributed by atoms with van der Waals surface area (Å²) in [4.78, 5) is 23.8. The molecule has 0 aliphatic carbocycles. The van der Waals surface area contributed by atoms with Crippen LogP contribution < -0.4 is 10.1 Å². The minimum Gasteiger partial charge on any atom is -0.492 e. The van der Waals surface area contributed by atoms with Crippen LogP contribution in [0.25, 0.3) is 0 Å². The average Bonchev–Trinajstić information content (AvgIpc) is 2.49. The van der Waals surface area contributed by atoms with Gasteiger partial charge in [0.1, 0.15) is 24.0 Å². The zero-order valence-electron chi connectivity index (χ0n) is 14.0. The maximum atomic E-state index is 12.3. The number of hydrogen-bond donors (Lipinski definition) is 2. The normalized spacial score (nSPS) is 14.2. The summed E-state index contributed by atoms with van der Waals surface area (Å²) in [6, 6.07) is 5.41. The molecule has 2 N–H and O–H groups in total. The molecule has 0 fully saturated rings. The highest BCUT2D eigenvalue weighted by molar-refractivity contribution is 6.12. The molecule has 0 atom stereocenters. The largest absolute Gasteiger partial charge is 0.492 e. The van der Waals surface area contributed by atoms with Gasteiger partial charge in [-0.25, -0.2) is 0 Å². The molecule has 2 rings (SSSR count). The Bertz CT molecular complexity index is 635. The lowest BCUT2D eigenvalue weighted by Gasteiger charge is -2.26. The molecule has 1 aliphatic rings. The van der Waals surface area contributed by atoms with Gasteiger partial charge in [0.15, 0.2) is 0 Å². The van der Waals surface area contributed by atoms with E-state index in [4.69, 9.17) is 10.1 Å². The van der Waals surface area contributed by atoms with Gasteiger partial charge in [-0.3, -0.25) is 15.0 Å². The third-order valence-electron chi connectivity index (χ3n) is 4.08. The second-order valence-electron chi connectivity index (χ2n) is 6.59. The average molecular weight is 316 g/mol. The molecule has 1 heterocycles. The summed E-state index contributed by atoms with van der Waals surface area (Å²) in [5.74, 6) is 0.605. The van der Waals surface area contributed by atoms with Crippen LogP contribution >= 0.6 is 0 Å². The van der Waals surface area contributed by atoms with Crippen molar-refractivity contribution in [3.8, 4) is 5.75 Å². The van der Waals surface area contributed by atoms with Crippen molar-refractivity contribution < 1.29 is 14.3 Å². The van der Waals surface area contributed by atoms with E-state index in [1.54, 1.807) is 6.07 Å². The molecule has 0 saturated carbocycles. The Morgan fingerprint density at radius 1 is 1.39 bits per heavy atom. The van der Waals surface area contributed by atoms with Gasteiger partial charge in [-0.15, -0.1) is 0 Å². The van der Waals surface area contributed by atoms with Crippen LogP contribution in [0.3, 0.4) is 0 Å². The molecular formula is C18H24N2O3. The maximum Gasteiger partial charge on any atom is 0.229 e. The van der Waals surface area contributed by atoms with Crippen molar-refractivity contribution in [1.82, 2.24) is 5.32 Å². The van der Waals surface area contributed by atoms with Crippen molar-refractivity contribution in [2.75, 3.05) is 6.61 Å². The Morgan fingerprint density at radius 2 is 2.13 bits per heavy atom. The van der Waals surface area contributed by atoms with E-state index >= 15 is 0 Å². The molecule has 0 spiro atoms. The molecule has 5 nitrogen and oxygen atoms in total. The van der Waals surface area contributed by atoms with E-state index in [2.05, 4.69) is 12.2 Å². The van der Waals surface area contributed by atoms with Crippen LogP contribution in [-0.2, 0) is 16.0 Å². The highest BCUT2D eigenvalue weighted by Gasteiger charge is 2.29. The van der Waals surface area contributed by atoms with E-state index in [9.17, 15) is 9.59 Å². The Hall–Kier alpha value is -2.17. The number of unbranched alkanes of at least 4 members (excludes halogenated alkanes) is 1. The second-order valence-corrected chi connectivity index (χ2v) is 6.59. The van der Waals surface area contributed by atoms with Gasteiger partial charge >= 0.3 is 0 Å². The van der Waals surface area contributed by atoms with E-state index in [1.807, 2.05) is 26.0 Å². The highest BCUT2D eigenvalue weighted by atomic mass is 16.5. The van der Waals surface area contributed by atoms with Gasteiger partial charge in [0.2, 0.25) is 5.91 Å². The number of amides is 1. The third-order valence-corrected chi connectivity index (χ3v) is 4.08. The molecule has 0 bridgehead atoms. The van der Waals surface area contributed by atoms with Crippen molar-refractivity contribution in [3.05, 3.63) is 29.3 Å². The molecule has 23 heavy (non-hydrogen) atoms. The number of ketones is 1. The molecule has 0 radical (unpaired) electrons. The number of rotatable bonds is 7. The van der Waals surface area contributed by atoms with Crippen LogP contribution in [0, 0.1) is 10.8 Å². The van der Waals surface area contributed by atoms with Crippen LogP contribution in [0.5, 0.6) is 5.75 Å². The van der Waals surface area contributed by atoms with E-state index in [1.165, 1.54) is 0 Å². The van der Waals surface area contributed by atoms with Crippen molar-refractivity contribution in [3.63, 3.8) is 0 Å². The van der Waals surface area contributed by atoms with Gasteiger partial charge < -0.3 is 10.1 Å². The first kappa shape index (κ1) is 17.2. The minimum atomic E-state index is -0.571. The number of amidine groups is 1. The summed E-state index contributed by atoms with van der Waals surface area (Å²) in [5, 5.41) is 10.5. The van der Waals surface area contributed by atoms with Crippen LogP contribution in [0.15, 0.2) is 18.2 Å². The topological polar surface area (TPSA) is 79.2 Å². The Balaban J connectivity index is 2.13. The second kappa shape index (κ2) is 6.94.